The molecule has 2 fully saturated rings. The maximum Gasteiger partial charge on any atom is 0.0331 e. The van der Waals surface area contributed by atoms with Crippen molar-refractivity contribution in [3.05, 3.63) is 0 Å². The zero-order chi connectivity index (χ0) is 10.3. The average molecular weight is 196 g/mol. The van der Waals surface area contributed by atoms with Crippen LogP contribution in [0.15, 0.2) is 0 Å². The van der Waals surface area contributed by atoms with Crippen molar-refractivity contribution >= 4 is 0 Å². The van der Waals surface area contributed by atoms with Gasteiger partial charge in [-0.25, -0.2) is 0 Å². The standard InChI is InChI=1S/C12H24N2/c1-9(2)10-6-14(7-10)12(3,8-13)11-4-5-11/h9-11H,4-8,13H2,1-3H3. The number of nitrogens with zero attached hydrogens (tertiary/aromatic N) is 1. The molecule has 0 aromatic carbocycles. The lowest BCUT2D eigenvalue weighted by molar-refractivity contribution is -0.0311. The van der Waals surface area contributed by atoms with Gasteiger partial charge >= 0.3 is 0 Å². The Kier molecular flexibility index (Phi) is 2.61. The molecule has 82 valence electrons. The molecule has 2 nitrogen and oxygen atoms in total. The molecule has 0 aromatic heterocycles. The smallest absolute Gasteiger partial charge is 0.0331 e. The third-order valence-corrected chi connectivity index (χ3v) is 4.45. The van der Waals surface area contributed by atoms with E-state index in [0.717, 1.165) is 24.3 Å². The van der Waals surface area contributed by atoms with Gasteiger partial charge in [0.15, 0.2) is 0 Å². The van der Waals surface area contributed by atoms with Gasteiger partial charge in [-0.2, -0.15) is 0 Å². The summed E-state index contributed by atoms with van der Waals surface area (Å²) in [4.78, 5) is 2.62. The number of likely N-dealkylation sites (tertiary alicyclic amines) is 1. The maximum atomic E-state index is 5.94. The highest BCUT2D eigenvalue weighted by molar-refractivity contribution is 5.04. The molecule has 0 aromatic rings. The third kappa shape index (κ3) is 1.59. The van der Waals surface area contributed by atoms with E-state index in [1.807, 2.05) is 0 Å². The van der Waals surface area contributed by atoms with Crippen LogP contribution in [0.1, 0.15) is 33.6 Å². The minimum absolute atomic E-state index is 0.325. The van der Waals surface area contributed by atoms with Crippen LogP contribution >= 0.6 is 0 Å². The van der Waals surface area contributed by atoms with Gasteiger partial charge in [0.1, 0.15) is 0 Å². The van der Waals surface area contributed by atoms with Crippen molar-refractivity contribution in [2.45, 2.75) is 39.2 Å². The molecule has 2 heteroatoms. The predicted molar refractivity (Wildman–Crippen MR) is 60.1 cm³/mol. The third-order valence-electron chi connectivity index (χ3n) is 4.45. The van der Waals surface area contributed by atoms with Crippen LogP contribution in [0.3, 0.4) is 0 Å². The van der Waals surface area contributed by atoms with Crippen LogP contribution in [0.25, 0.3) is 0 Å². The fraction of sp³-hybridized carbons (Fsp3) is 1.00. The van der Waals surface area contributed by atoms with Crippen molar-refractivity contribution in [1.82, 2.24) is 4.90 Å². The molecule has 1 unspecified atom stereocenters. The summed E-state index contributed by atoms with van der Waals surface area (Å²) in [7, 11) is 0. The lowest BCUT2D eigenvalue weighted by Gasteiger charge is -2.52. The highest BCUT2D eigenvalue weighted by Gasteiger charge is 2.48. The van der Waals surface area contributed by atoms with Gasteiger partial charge in [-0.15, -0.1) is 0 Å². The minimum Gasteiger partial charge on any atom is -0.329 e. The number of hydrogen-bond acceptors (Lipinski definition) is 2. The summed E-state index contributed by atoms with van der Waals surface area (Å²) in [6.07, 6.45) is 2.80. The van der Waals surface area contributed by atoms with Crippen molar-refractivity contribution < 1.29 is 0 Å². The Morgan fingerprint density at radius 3 is 2.29 bits per heavy atom. The zero-order valence-corrected chi connectivity index (χ0v) is 9.79. The fourth-order valence-corrected chi connectivity index (χ4v) is 2.61. The van der Waals surface area contributed by atoms with Crippen molar-refractivity contribution in [3.8, 4) is 0 Å². The van der Waals surface area contributed by atoms with Gasteiger partial charge in [-0.3, -0.25) is 4.90 Å². The van der Waals surface area contributed by atoms with E-state index >= 15 is 0 Å². The molecule has 0 spiro atoms. The van der Waals surface area contributed by atoms with Crippen LogP contribution in [-0.4, -0.2) is 30.1 Å². The molecular weight excluding hydrogens is 172 g/mol. The summed E-state index contributed by atoms with van der Waals surface area (Å²) in [6, 6.07) is 0. The quantitative estimate of drug-likeness (QED) is 0.741. The highest BCUT2D eigenvalue weighted by atomic mass is 15.3. The van der Waals surface area contributed by atoms with Crippen LogP contribution < -0.4 is 5.73 Å². The second-order valence-electron chi connectivity index (χ2n) is 5.74. The number of rotatable bonds is 4. The predicted octanol–water partition coefficient (Wildman–Crippen LogP) is 1.70. The molecule has 0 amide bonds. The van der Waals surface area contributed by atoms with Crippen LogP contribution in [0.2, 0.25) is 0 Å². The lowest BCUT2D eigenvalue weighted by Crippen LogP contribution is -2.63. The molecule has 2 N–H and O–H groups in total. The van der Waals surface area contributed by atoms with Gasteiger partial charge in [-0.1, -0.05) is 13.8 Å². The molecular formula is C12H24N2. The molecule has 0 radical (unpaired) electrons. The van der Waals surface area contributed by atoms with Gasteiger partial charge in [0, 0.05) is 25.2 Å². The highest BCUT2D eigenvalue weighted by Crippen LogP contribution is 2.45. The van der Waals surface area contributed by atoms with E-state index in [9.17, 15) is 0 Å². The first-order valence-electron chi connectivity index (χ1n) is 6.03. The first-order chi connectivity index (χ1) is 6.58. The summed E-state index contributed by atoms with van der Waals surface area (Å²) in [5.41, 5.74) is 6.26. The van der Waals surface area contributed by atoms with E-state index in [1.165, 1.54) is 25.9 Å². The number of nitrogens with two attached hydrogens (primary N) is 1. The van der Waals surface area contributed by atoms with E-state index in [1.54, 1.807) is 0 Å². The largest absolute Gasteiger partial charge is 0.329 e. The second kappa shape index (κ2) is 3.49. The molecule has 1 saturated heterocycles. The average Bonchev–Trinajstić information content (AvgIpc) is 2.82. The Bertz CT molecular complexity index is 204. The first kappa shape index (κ1) is 10.4. The van der Waals surface area contributed by atoms with Gasteiger partial charge in [0.25, 0.3) is 0 Å². The molecule has 0 bridgehead atoms. The monoisotopic (exact) mass is 196 g/mol. The maximum absolute atomic E-state index is 5.94. The van der Waals surface area contributed by atoms with E-state index in [4.69, 9.17) is 5.73 Å². The molecule has 1 aliphatic carbocycles. The summed E-state index contributed by atoms with van der Waals surface area (Å²) in [5.74, 6) is 2.65. The van der Waals surface area contributed by atoms with E-state index in [2.05, 4.69) is 25.7 Å². The number of hydrogen-bond donors (Lipinski definition) is 1. The normalized spacial score (nSPS) is 28.9. The van der Waals surface area contributed by atoms with Crippen LogP contribution in [0.5, 0.6) is 0 Å². The van der Waals surface area contributed by atoms with Gasteiger partial charge in [0.2, 0.25) is 0 Å². The van der Waals surface area contributed by atoms with Gasteiger partial charge < -0.3 is 5.73 Å². The molecule has 14 heavy (non-hydrogen) atoms. The minimum atomic E-state index is 0.325. The lowest BCUT2D eigenvalue weighted by atomic mass is 9.81. The summed E-state index contributed by atoms with van der Waals surface area (Å²) in [5, 5.41) is 0. The SMILES string of the molecule is CC(C)C1CN(C(C)(CN)C2CC2)C1. The Labute approximate surface area is 87.8 Å². The van der Waals surface area contributed by atoms with Crippen molar-refractivity contribution in [3.63, 3.8) is 0 Å². The first-order valence-corrected chi connectivity index (χ1v) is 6.03. The Balaban J connectivity index is 1.90. The summed E-state index contributed by atoms with van der Waals surface area (Å²) in [6.45, 7) is 10.4. The van der Waals surface area contributed by atoms with Crippen molar-refractivity contribution in [2.24, 2.45) is 23.5 Å². The van der Waals surface area contributed by atoms with E-state index in [-0.39, 0.29) is 0 Å². The molecule has 1 saturated carbocycles. The Morgan fingerprint density at radius 2 is 1.93 bits per heavy atom. The van der Waals surface area contributed by atoms with Crippen molar-refractivity contribution in [2.75, 3.05) is 19.6 Å². The fourth-order valence-electron chi connectivity index (χ4n) is 2.61. The zero-order valence-electron chi connectivity index (χ0n) is 9.79. The van der Waals surface area contributed by atoms with E-state index < -0.39 is 0 Å². The molecule has 1 atom stereocenters. The topological polar surface area (TPSA) is 29.3 Å². The van der Waals surface area contributed by atoms with E-state index in [0.29, 0.717) is 5.54 Å². The van der Waals surface area contributed by atoms with Crippen LogP contribution in [0, 0.1) is 17.8 Å². The summed E-state index contributed by atoms with van der Waals surface area (Å²) < 4.78 is 0. The molecule has 2 aliphatic rings. The van der Waals surface area contributed by atoms with Gasteiger partial charge in [0.05, 0.1) is 0 Å². The van der Waals surface area contributed by atoms with Gasteiger partial charge in [-0.05, 0) is 37.5 Å². The second-order valence-corrected chi connectivity index (χ2v) is 5.74. The Morgan fingerprint density at radius 1 is 1.36 bits per heavy atom. The van der Waals surface area contributed by atoms with Crippen LogP contribution in [0.4, 0.5) is 0 Å². The Hall–Kier alpha value is -0.0800. The molecule has 2 rings (SSSR count). The molecule has 1 aliphatic heterocycles. The van der Waals surface area contributed by atoms with Crippen LogP contribution in [-0.2, 0) is 0 Å². The van der Waals surface area contributed by atoms with Crippen molar-refractivity contribution in [1.29, 1.82) is 0 Å². The summed E-state index contributed by atoms with van der Waals surface area (Å²) >= 11 is 0. The molecule has 1 heterocycles.